The van der Waals surface area contributed by atoms with Crippen LogP contribution in [0.4, 0.5) is 5.69 Å². The highest BCUT2D eigenvalue weighted by atomic mass is 32.1. The van der Waals surface area contributed by atoms with Crippen molar-refractivity contribution in [2.75, 3.05) is 11.9 Å². The quantitative estimate of drug-likeness (QED) is 0.807. The Morgan fingerprint density at radius 1 is 1.19 bits per heavy atom. The van der Waals surface area contributed by atoms with Gasteiger partial charge in [0, 0.05) is 30.7 Å². The van der Waals surface area contributed by atoms with Gasteiger partial charge in [-0.15, -0.1) is 0 Å². The summed E-state index contributed by atoms with van der Waals surface area (Å²) in [6, 6.07) is 11.0. The van der Waals surface area contributed by atoms with E-state index in [-0.39, 0.29) is 0 Å². The van der Waals surface area contributed by atoms with Crippen molar-refractivity contribution in [1.29, 1.82) is 0 Å². The number of fused-ring (bicyclic) bond motifs is 1. The van der Waals surface area contributed by atoms with Gasteiger partial charge in [-0.25, -0.2) is 0 Å². The number of nitrogens with zero attached hydrogens (tertiary/aromatic N) is 2. The van der Waals surface area contributed by atoms with Gasteiger partial charge in [-0.2, -0.15) is 0 Å². The summed E-state index contributed by atoms with van der Waals surface area (Å²) >= 11 is 5.62. The smallest absolute Gasteiger partial charge is 0.174 e. The third-order valence-electron chi connectivity index (χ3n) is 4.36. The summed E-state index contributed by atoms with van der Waals surface area (Å²) in [6.07, 6.45) is 2.14. The molecule has 1 aliphatic rings. The first-order valence-electron chi connectivity index (χ1n) is 7.36. The van der Waals surface area contributed by atoms with E-state index >= 15 is 0 Å². The molecule has 0 saturated carbocycles. The summed E-state index contributed by atoms with van der Waals surface area (Å²) in [7, 11) is 0. The van der Waals surface area contributed by atoms with Crippen LogP contribution in [0.1, 0.15) is 29.8 Å². The van der Waals surface area contributed by atoms with E-state index in [0.717, 1.165) is 23.9 Å². The van der Waals surface area contributed by atoms with Gasteiger partial charge in [0.1, 0.15) is 0 Å². The molecule has 0 aliphatic carbocycles. The molecule has 0 radical (unpaired) electrons. The summed E-state index contributed by atoms with van der Waals surface area (Å²) < 4.78 is 2.31. The van der Waals surface area contributed by atoms with Gasteiger partial charge >= 0.3 is 0 Å². The second-order valence-electron chi connectivity index (χ2n) is 5.73. The Balaban J connectivity index is 1.75. The highest BCUT2D eigenvalue weighted by molar-refractivity contribution is 7.80. The minimum Gasteiger partial charge on any atom is -0.348 e. The molecule has 0 bridgehead atoms. The molecule has 2 aromatic rings. The highest BCUT2D eigenvalue weighted by Gasteiger charge is 2.25. The largest absolute Gasteiger partial charge is 0.348 e. The molecule has 3 rings (SSSR count). The van der Waals surface area contributed by atoms with Crippen LogP contribution < -0.4 is 5.32 Å². The van der Waals surface area contributed by atoms with Crippen molar-refractivity contribution in [3.05, 3.63) is 53.3 Å². The minimum absolute atomic E-state index is 0.306. The van der Waals surface area contributed by atoms with E-state index in [0.29, 0.717) is 6.04 Å². The van der Waals surface area contributed by atoms with Crippen molar-refractivity contribution in [2.45, 2.75) is 33.4 Å². The fourth-order valence-corrected chi connectivity index (χ4v) is 3.24. The van der Waals surface area contributed by atoms with Gasteiger partial charge in [-0.3, -0.25) is 0 Å². The van der Waals surface area contributed by atoms with Gasteiger partial charge in [-0.05, 0) is 68.4 Å². The number of thiocarbonyl (C=S) groups is 1. The first-order chi connectivity index (χ1) is 10.1. The van der Waals surface area contributed by atoms with E-state index < -0.39 is 0 Å². The first kappa shape index (κ1) is 14.1. The molecule has 2 heterocycles. The highest BCUT2D eigenvalue weighted by Crippen LogP contribution is 2.26. The number of aromatic nitrogens is 1. The zero-order valence-corrected chi connectivity index (χ0v) is 13.6. The van der Waals surface area contributed by atoms with E-state index in [1.807, 2.05) is 0 Å². The standard InChI is InChI=1S/C17H21N3S/c1-12-6-7-15(11-13(12)2)18-17(21)20-10-9-19-8-4-5-16(19)14(20)3/h4-8,11,14H,9-10H2,1-3H3,(H,18,21)/t14-/m1/s1. The lowest BCUT2D eigenvalue weighted by molar-refractivity contribution is 0.276. The molecular formula is C17H21N3S. The van der Waals surface area contributed by atoms with Crippen LogP contribution in [-0.4, -0.2) is 21.1 Å². The zero-order valence-electron chi connectivity index (χ0n) is 12.8. The van der Waals surface area contributed by atoms with Crippen molar-refractivity contribution in [3.63, 3.8) is 0 Å². The summed E-state index contributed by atoms with van der Waals surface area (Å²) in [5.74, 6) is 0. The second kappa shape index (κ2) is 5.53. The topological polar surface area (TPSA) is 20.2 Å². The Morgan fingerprint density at radius 2 is 2.00 bits per heavy atom. The monoisotopic (exact) mass is 299 g/mol. The van der Waals surface area contributed by atoms with Crippen molar-refractivity contribution in [3.8, 4) is 0 Å². The number of hydrogen-bond donors (Lipinski definition) is 1. The summed E-state index contributed by atoms with van der Waals surface area (Å²) in [5, 5.41) is 4.19. The fraction of sp³-hybridized carbons (Fsp3) is 0.353. The van der Waals surface area contributed by atoms with E-state index in [9.17, 15) is 0 Å². The van der Waals surface area contributed by atoms with Crippen LogP contribution in [0.15, 0.2) is 36.5 Å². The van der Waals surface area contributed by atoms with Crippen LogP contribution in [0, 0.1) is 13.8 Å². The van der Waals surface area contributed by atoms with Gasteiger partial charge in [0.15, 0.2) is 5.11 Å². The molecule has 0 unspecified atom stereocenters. The van der Waals surface area contributed by atoms with Crippen LogP contribution in [0.3, 0.4) is 0 Å². The maximum atomic E-state index is 5.62. The maximum Gasteiger partial charge on any atom is 0.174 e. The molecule has 0 fully saturated rings. The lowest BCUT2D eigenvalue weighted by Crippen LogP contribution is -2.42. The average molecular weight is 299 g/mol. The van der Waals surface area contributed by atoms with Crippen molar-refractivity contribution in [2.24, 2.45) is 0 Å². The number of rotatable bonds is 1. The Morgan fingerprint density at radius 3 is 2.76 bits per heavy atom. The van der Waals surface area contributed by atoms with Gasteiger partial charge in [0.05, 0.1) is 6.04 Å². The molecule has 1 N–H and O–H groups in total. The van der Waals surface area contributed by atoms with Crippen molar-refractivity contribution >= 4 is 23.0 Å². The maximum absolute atomic E-state index is 5.62. The van der Waals surface area contributed by atoms with Gasteiger partial charge in [-0.1, -0.05) is 6.07 Å². The number of aryl methyl sites for hydroxylation is 2. The van der Waals surface area contributed by atoms with Gasteiger partial charge in [0.25, 0.3) is 0 Å². The van der Waals surface area contributed by atoms with E-state index in [4.69, 9.17) is 12.2 Å². The normalized spacial score (nSPS) is 17.5. The Bertz CT molecular complexity index is 674. The van der Waals surface area contributed by atoms with E-state index in [1.54, 1.807) is 0 Å². The Labute approximate surface area is 131 Å². The minimum atomic E-state index is 0.306. The van der Waals surface area contributed by atoms with Crippen LogP contribution >= 0.6 is 12.2 Å². The first-order valence-corrected chi connectivity index (χ1v) is 7.77. The second-order valence-corrected chi connectivity index (χ2v) is 6.11. The summed E-state index contributed by atoms with van der Waals surface area (Å²) in [6.45, 7) is 8.39. The molecule has 21 heavy (non-hydrogen) atoms. The Kier molecular flexibility index (Phi) is 3.72. The summed E-state index contributed by atoms with van der Waals surface area (Å²) in [4.78, 5) is 2.26. The third kappa shape index (κ3) is 2.68. The van der Waals surface area contributed by atoms with Gasteiger partial charge < -0.3 is 14.8 Å². The molecule has 1 aromatic heterocycles. The predicted octanol–water partition coefficient (Wildman–Crippen LogP) is 3.88. The number of hydrogen-bond acceptors (Lipinski definition) is 1. The molecule has 1 aliphatic heterocycles. The lowest BCUT2D eigenvalue weighted by atomic mass is 10.1. The van der Waals surface area contributed by atoms with Crippen molar-refractivity contribution in [1.82, 2.24) is 9.47 Å². The Hall–Kier alpha value is -1.81. The van der Waals surface area contributed by atoms with Crippen LogP contribution in [0.5, 0.6) is 0 Å². The molecule has 0 spiro atoms. The van der Waals surface area contributed by atoms with Crippen molar-refractivity contribution < 1.29 is 0 Å². The van der Waals surface area contributed by atoms with Crippen LogP contribution in [-0.2, 0) is 6.54 Å². The predicted molar refractivity (Wildman–Crippen MR) is 91.7 cm³/mol. The molecule has 4 heteroatoms. The number of nitrogens with one attached hydrogen (secondary N) is 1. The fourth-order valence-electron chi connectivity index (χ4n) is 2.87. The molecule has 110 valence electrons. The molecule has 0 amide bonds. The molecular weight excluding hydrogens is 278 g/mol. The zero-order chi connectivity index (χ0) is 15.0. The van der Waals surface area contributed by atoms with E-state index in [1.165, 1.54) is 16.8 Å². The van der Waals surface area contributed by atoms with E-state index in [2.05, 4.69) is 72.1 Å². The SMILES string of the molecule is Cc1ccc(NC(=S)N2CCn3cccc3[C@H]2C)cc1C. The third-order valence-corrected chi connectivity index (χ3v) is 4.70. The lowest BCUT2D eigenvalue weighted by Gasteiger charge is -2.36. The molecule has 1 aromatic carbocycles. The average Bonchev–Trinajstić information content (AvgIpc) is 2.92. The van der Waals surface area contributed by atoms with Gasteiger partial charge in [0.2, 0.25) is 0 Å². The molecule has 1 atom stereocenters. The molecule has 0 saturated heterocycles. The van der Waals surface area contributed by atoms with Crippen LogP contribution in [0.25, 0.3) is 0 Å². The number of benzene rings is 1. The number of anilines is 1. The molecule has 3 nitrogen and oxygen atoms in total. The van der Waals surface area contributed by atoms with Crippen LogP contribution in [0.2, 0.25) is 0 Å². The summed E-state index contributed by atoms with van der Waals surface area (Å²) in [5.41, 5.74) is 4.97.